The van der Waals surface area contributed by atoms with E-state index in [2.05, 4.69) is 10.4 Å². The number of nitrogens with zero attached hydrogens (tertiary/aromatic N) is 2. The molecule has 0 saturated carbocycles. The number of rotatable bonds is 2. The number of likely N-dealkylation sites (tertiary alicyclic amines) is 1. The first-order valence-corrected chi connectivity index (χ1v) is 6.09. The first-order valence-electron chi connectivity index (χ1n) is 5.71. The van der Waals surface area contributed by atoms with Gasteiger partial charge in [-0.1, -0.05) is 11.6 Å². The molecule has 98 valence electrons. The largest absolute Gasteiger partial charge is 0.391 e. The van der Waals surface area contributed by atoms with Gasteiger partial charge in [0.1, 0.15) is 0 Å². The Labute approximate surface area is 110 Å². The van der Waals surface area contributed by atoms with E-state index < -0.39 is 6.10 Å². The fraction of sp³-hybridized carbons (Fsp3) is 0.455. The number of halogens is 1. The molecule has 4 N–H and O–H groups in total. The van der Waals surface area contributed by atoms with Crippen molar-refractivity contribution >= 4 is 23.3 Å². The maximum Gasteiger partial charge on any atom is 0.255 e. The summed E-state index contributed by atoms with van der Waals surface area (Å²) in [5.41, 5.74) is 2.74. The van der Waals surface area contributed by atoms with Crippen LogP contribution in [0.5, 0.6) is 0 Å². The number of nitrogens with one attached hydrogen (secondary N) is 1. The van der Waals surface area contributed by atoms with E-state index in [0.29, 0.717) is 29.5 Å². The van der Waals surface area contributed by atoms with Crippen LogP contribution in [0.3, 0.4) is 0 Å². The second kappa shape index (κ2) is 5.51. The highest BCUT2D eigenvalue weighted by Gasteiger charge is 2.23. The summed E-state index contributed by atoms with van der Waals surface area (Å²) in [6, 6.07) is 1.52. The fourth-order valence-corrected chi connectivity index (χ4v) is 2.20. The molecule has 1 atom stereocenters. The zero-order chi connectivity index (χ0) is 13.1. The predicted octanol–water partition coefficient (Wildman–Crippen LogP) is 0.617. The van der Waals surface area contributed by atoms with E-state index in [9.17, 15) is 9.90 Å². The number of carbonyl (C=O) groups excluding carboxylic acids is 1. The first kappa shape index (κ1) is 13.1. The minimum absolute atomic E-state index is 0.174. The molecule has 2 rings (SSSR count). The number of pyridine rings is 1. The van der Waals surface area contributed by atoms with Crippen LogP contribution in [0.15, 0.2) is 12.3 Å². The molecule has 1 amide bonds. The van der Waals surface area contributed by atoms with Crippen molar-refractivity contribution in [1.82, 2.24) is 9.88 Å². The third kappa shape index (κ3) is 2.72. The molecule has 0 radical (unpaired) electrons. The van der Waals surface area contributed by atoms with E-state index in [1.165, 1.54) is 12.3 Å². The highest BCUT2D eigenvalue weighted by molar-refractivity contribution is 6.33. The minimum Gasteiger partial charge on any atom is -0.391 e. The fourth-order valence-electron chi connectivity index (χ4n) is 1.98. The molecule has 1 aliphatic heterocycles. The van der Waals surface area contributed by atoms with Gasteiger partial charge in [0, 0.05) is 19.3 Å². The number of aliphatic hydroxyl groups excluding tert-OH is 1. The number of nitrogen functional groups attached to an aromatic ring is 1. The smallest absolute Gasteiger partial charge is 0.255 e. The van der Waals surface area contributed by atoms with Crippen LogP contribution in [0.1, 0.15) is 23.2 Å². The summed E-state index contributed by atoms with van der Waals surface area (Å²) in [6.45, 7) is 0.998. The molecule has 2 heterocycles. The van der Waals surface area contributed by atoms with Crippen LogP contribution in [0.2, 0.25) is 5.02 Å². The molecule has 18 heavy (non-hydrogen) atoms. The third-order valence-electron chi connectivity index (χ3n) is 2.91. The molecule has 6 nitrogen and oxygen atoms in total. The number of aliphatic hydroxyl groups is 1. The Kier molecular flexibility index (Phi) is 4.00. The predicted molar refractivity (Wildman–Crippen MR) is 68.2 cm³/mol. The van der Waals surface area contributed by atoms with Crippen molar-refractivity contribution in [2.24, 2.45) is 5.84 Å². The minimum atomic E-state index is -0.448. The standard InChI is InChI=1S/C11H15ClN4O2/c12-9-4-7(5-14-10(9)15-13)11(18)16-3-1-2-8(17)6-16/h4-5,8,17H,1-3,6,13H2,(H,14,15). The number of carbonyl (C=O) groups is 1. The summed E-state index contributed by atoms with van der Waals surface area (Å²) in [5.74, 6) is 5.36. The van der Waals surface area contributed by atoms with Crippen LogP contribution in [-0.4, -0.2) is 40.1 Å². The Morgan fingerprint density at radius 1 is 1.67 bits per heavy atom. The zero-order valence-corrected chi connectivity index (χ0v) is 10.5. The molecule has 0 aromatic carbocycles. The molecule has 0 spiro atoms. The summed E-state index contributed by atoms with van der Waals surface area (Å²) in [4.78, 5) is 17.7. The molecule has 1 fully saturated rings. The zero-order valence-electron chi connectivity index (χ0n) is 9.77. The molecular weight excluding hydrogens is 256 g/mol. The number of piperidine rings is 1. The molecule has 0 bridgehead atoms. The van der Waals surface area contributed by atoms with Gasteiger partial charge in [-0.3, -0.25) is 4.79 Å². The van der Waals surface area contributed by atoms with Crippen molar-refractivity contribution in [3.8, 4) is 0 Å². The molecule has 7 heteroatoms. The van der Waals surface area contributed by atoms with Crippen molar-refractivity contribution in [1.29, 1.82) is 0 Å². The SMILES string of the molecule is NNc1ncc(C(=O)N2CCCC(O)C2)cc1Cl. The first-order chi connectivity index (χ1) is 8.61. The highest BCUT2D eigenvalue weighted by Crippen LogP contribution is 2.21. The average Bonchev–Trinajstić information content (AvgIpc) is 2.37. The van der Waals surface area contributed by atoms with E-state index in [1.807, 2.05) is 0 Å². The van der Waals surface area contributed by atoms with Crippen LogP contribution in [0, 0.1) is 0 Å². The summed E-state index contributed by atoms with van der Waals surface area (Å²) < 4.78 is 0. The molecular formula is C11H15ClN4O2. The van der Waals surface area contributed by atoms with E-state index >= 15 is 0 Å². The summed E-state index contributed by atoms with van der Waals surface area (Å²) in [7, 11) is 0. The van der Waals surface area contributed by atoms with Crippen molar-refractivity contribution in [2.45, 2.75) is 18.9 Å². The Hall–Kier alpha value is -1.37. The average molecular weight is 271 g/mol. The third-order valence-corrected chi connectivity index (χ3v) is 3.20. The van der Waals surface area contributed by atoms with Crippen LogP contribution in [-0.2, 0) is 0 Å². The van der Waals surface area contributed by atoms with Crippen molar-refractivity contribution < 1.29 is 9.90 Å². The lowest BCUT2D eigenvalue weighted by molar-refractivity contribution is 0.0473. The van der Waals surface area contributed by atoms with Gasteiger partial charge in [-0.05, 0) is 18.9 Å². The maximum atomic E-state index is 12.2. The van der Waals surface area contributed by atoms with Gasteiger partial charge in [0.15, 0.2) is 5.82 Å². The summed E-state index contributed by atoms with van der Waals surface area (Å²) in [6.07, 6.45) is 2.51. The van der Waals surface area contributed by atoms with Crippen LogP contribution < -0.4 is 11.3 Å². The molecule has 1 aliphatic rings. The Morgan fingerprint density at radius 2 is 2.44 bits per heavy atom. The topological polar surface area (TPSA) is 91.5 Å². The van der Waals surface area contributed by atoms with Crippen molar-refractivity contribution in [3.05, 3.63) is 22.8 Å². The molecule has 0 aliphatic carbocycles. The lowest BCUT2D eigenvalue weighted by Gasteiger charge is -2.30. The van der Waals surface area contributed by atoms with Gasteiger partial charge < -0.3 is 15.4 Å². The van der Waals surface area contributed by atoms with Gasteiger partial charge in [-0.25, -0.2) is 10.8 Å². The summed E-state index contributed by atoms with van der Waals surface area (Å²) >= 11 is 5.92. The van der Waals surface area contributed by atoms with Crippen LogP contribution in [0.4, 0.5) is 5.82 Å². The number of anilines is 1. The Balaban J connectivity index is 2.15. The Morgan fingerprint density at radius 3 is 3.06 bits per heavy atom. The number of hydrogen-bond donors (Lipinski definition) is 3. The second-order valence-electron chi connectivity index (χ2n) is 4.25. The van der Waals surface area contributed by atoms with Gasteiger partial charge in [0.05, 0.1) is 16.7 Å². The molecule has 1 unspecified atom stereocenters. The highest BCUT2D eigenvalue weighted by atomic mass is 35.5. The molecule has 1 aromatic rings. The quantitative estimate of drug-likeness (QED) is 0.541. The van der Waals surface area contributed by atoms with E-state index in [1.54, 1.807) is 4.90 Å². The normalized spacial score (nSPS) is 19.7. The number of aromatic nitrogens is 1. The maximum absolute atomic E-state index is 12.2. The number of hydrazine groups is 1. The molecule has 1 saturated heterocycles. The lowest BCUT2D eigenvalue weighted by atomic mass is 10.1. The van der Waals surface area contributed by atoms with Gasteiger partial charge in [-0.2, -0.15) is 0 Å². The van der Waals surface area contributed by atoms with Crippen molar-refractivity contribution in [2.75, 3.05) is 18.5 Å². The monoisotopic (exact) mass is 270 g/mol. The van der Waals surface area contributed by atoms with Gasteiger partial charge in [-0.15, -0.1) is 0 Å². The van der Waals surface area contributed by atoms with E-state index in [-0.39, 0.29) is 5.91 Å². The van der Waals surface area contributed by atoms with E-state index in [0.717, 1.165) is 12.8 Å². The number of hydrogen-bond acceptors (Lipinski definition) is 5. The van der Waals surface area contributed by atoms with Gasteiger partial charge in [0.25, 0.3) is 5.91 Å². The lowest BCUT2D eigenvalue weighted by Crippen LogP contribution is -2.42. The van der Waals surface area contributed by atoms with Crippen LogP contribution >= 0.6 is 11.6 Å². The van der Waals surface area contributed by atoms with E-state index in [4.69, 9.17) is 17.4 Å². The second-order valence-corrected chi connectivity index (χ2v) is 4.65. The van der Waals surface area contributed by atoms with Crippen LogP contribution in [0.25, 0.3) is 0 Å². The van der Waals surface area contributed by atoms with Gasteiger partial charge in [0.2, 0.25) is 0 Å². The number of amides is 1. The number of β-amino-alcohol motifs (C(OH)–C–C–N with tert-alkyl or cyclic N) is 1. The Bertz CT molecular complexity index is 455. The number of nitrogens with two attached hydrogens (primary N) is 1. The summed E-state index contributed by atoms with van der Waals surface area (Å²) in [5, 5.41) is 9.84. The molecule has 1 aromatic heterocycles. The van der Waals surface area contributed by atoms with Crippen molar-refractivity contribution in [3.63, 3.8) is 0 Å². The van der Waals surface area contributed by atoms with Gasteiger partial charge >= 0.3 is 0 Å².